The van der Waals surface area contributed by atoms with E-state index in [0.29, 0.717) is 29.9 Å². The van der Waals surface area contributed by atoms with Crippen LogP contribution in [0.3, 0.4) is 0 Å². The summed E-state index contributed by atoms with van der Waals surface area (Å²) in [6, 6.07) is 21.1. The van der Waals surface area contributed by atoms with Crippen LogP contribution >= 0.6 is 11.8 Å². The Hall–Kier alpha value is -3.85. The summed E-state index contributed by atoms with van der Waals surface area (Å²) in [5.41, 5.74) is 1.76. The van der Waals surface area contributed by atoms with E-state index in [1.165, 1.54) is 11.8 Å². The molecule has 0 fully saturated rings. The monoisotopic (exact) mass is 459 g/mol. The summed E-state index contributed by atoms with van der Waals surface area (Å²) >= 11 is 1.33. The van der Waals surface area contributed by atoms with Crippen molar-refractivity contribution in [3.63, 3.8) is 0 Å². The van der Waals surface area contributed by atoms with Gasteiger partial charge in [0.1, 0.15) is 12.7 Å². The lowest BCUT2D eigenvalue weighted by Gasteiger charge is -2.26. The Morgan fingerprint density at radius 2 is 1.85 bits per heavy atom. The summed E-state index contributed by atoms with van der Waals surface area (Å²) in [5.74, 6) is 2.16. The van der Waals surface area contributed by atoms with Crippen LogP contribution < -0.4 is 14.8 Å². The Labute approximate surface area is 195 Å². The lowest BCUT2D eigenvalue weighted by Crippen LogP contribution is -2.41. The number of rotatable bonds is 7. The maximum Gasteiger partial charge on any atom is 0.230 e. The number of carbonyl (C=O) groups is 1. The van der Waals surface area contributed by atoms with Gasteiger partial charge in [0.15, 0.2) is 22.5 Å². The lowest BCUT2D eigenvalue weighted by atomic mass is 10.2. The maximum atomic E-state index is 12.5. The molecule has 0 bridgehead atoms. The van der Waals surface area contributed by atoms with E-state index in [9.17, 15) is 4.79 Å². The van der Waals surface area contributed by atoms with Crippen molar-refractivity contribution in [3.05, 3.63) is 79.1 Å². The van der Waals surface area contributed by atoms with Gasteiger partial charge in [-0.15, -0.1) is 10.2 Å². The van der Waals surface area contributed by atoms with E-state index < -0.39 is 0 Å². The van der Waals surface area contributed by atoms with Crippen molar-refractivity contribution in [3.8, 4) is 28.6 Å². The average Bonchev–Trinajstić information content (AvgIpc) is 3.31. The van der Waals surface area contributed by atoms with E-state index >= 15 is 0 Å². The third-order valence-electron chi connectivity index (χ3n) is 4.99. The highest BCUT2D eigenvalue weighted by Gasteiger charge is 2.22. The number of pyridine rings is 1. The largest absolute Gasteiger partial charge is 0.486 e. The van der Waals surface area contributed by atoms with Crippen LogP contribution in [-0.2, 0) is 4.79 Å². The zero-order chi connectivity index (χ0) is 22.5. The molecular formula is C24H21N5O3S. The number of aromatic nitrogens is 4. The topological polar surface area (TPSA) is 91.2 Å². The Morgan fingerprint density at radius 1 is 1.03 bits per heavy atom. The van der Waals surface area contributed by atoms with Crippen LogP contribution in [0.1, 0.15) is 0 Å². The quantitative estimate of drug-likeness (QED) is 0.424. The minimum atomic E-state index is -0.237. The number of ether oxygens (including phenoxy) is 2. The first-order valence-electron chi connectivity index (χ1n) is 10.5. The van der Waals surface area contributed by atoms with Gasteiger partial charge in [0.05, 0.1) is 12.3 Å². The van der Waals surface area contributed by atoms with Crippen LogP contribution in [0.25, 0.3) is 17.1 Å². The summed E-state index contributed by atoms with van der Waals surface area (Å²) in [6.07, 6.45) is 3.22. The van der Waals surface area contributed by atoms with Crippen LogP contribution in [0.15, 0.2) is 84.3 Å². The maximum absolute atomic E-state index is 12.5. The zero-order valence-electron chi connectivity index (χ0n) is 17.6. The molecule has 9 heteroatoms. The third-order valence-corrected chi connectivity index (χ3v) is 5.92. The molecule has 0 saturated carbocycles. The van der Waals surface area contributed by atoms with Crippen LogP contribution in [0, 0.1) is 0 Å². The molecule has 0 radical (unpaired) electrons. The van der Waals surface area contributed by atoms with E-state index in [4.69, 9.17) is 9.47 Å². The van der Waals surface area contributed by atoms with Gasteiger partial charge in [0.2, 0.25) is 5.91 Å². The highest BCUT2D eigenvalue weighted by Crippen LogP contribution is 2.31. The predicted molar refractivity (Wildman–Crippen MR) is 125 cm³/mol. The molecule has 0 saturated heterocycles. The van der Waals surface area contributed by atoms with Crippen LogP contribution in [-0.4, -0.2) is 50.7 Å². The molecule has 1 N–H and O–H groups in total. The lowest BCUT2D eigenvalue weighted by molar-refractivity contribution is -0.119. The number of nitrogens with zero attached hydrogens (tertiary/aromatic N) is 4. The molecule has 2 aromatic heterocycles. The fourth-order valence-electron chi connectivity index (χ4n) is 3.43. The molecule has 3 heterocycles. The number of hydrogen-bond donors (Lipinski definition) is 1. The van der Waals surface area contributed by atoms with Crippen molar-refractivity contribution in [2.75, 3.05) is 18.9 Å². The number of fused-ring (bicyclic) bond motifs is 1. The minimum Gasteiger partial charge on any atom is -0.486 e. The Bertz CT molecular complexity index is 1230. The smallest absolute Gasteiger partial charge is 0.230 e. The molecule has 8 nitrogen and oxygen atoms in total. The highest BCUT2D eigenvalue weighted by atomic mass is 32.2. The van der Waals surface area contributed by atoms with E-state index in [1.54, 1.807) is 12.4 Å². The molecule has 5 rings (SSSR count). The van der Waals surface area contributed by atoms with Gasteiger partial charge in [0, 0.05) is 23.6 Å². The highest BCUT2D eigenvalue weighted by molar-refractivity contribution is 7.99. The Morgan fingerprint density at radius 3 is 2.67 bits per heavy atom. The van der Waals surface area contributed by atoms with Crippen LogP contribution in [0.4, 0.5) is 0 Å². The third kappa shape index (κ3) is 4.83. The molecular weight excluding hydrogens is 438 g/mol. The van der Waals surface area contributed by atoms with Gasteiger partial charge >= 0.3 is 0 Å². The van der Waals surface area contributed by atoms with Crippen molar-refractivity contribution >= 4 is 17.7 Å². The van der Waals surface area contributed by atoms with Crippen molar-refractivity contribution in [1.29, 1.82) is 0 Å². The standard InChI is InChI=1S/C24H21N5O3S/c30-22(26-14-19-15-31-20-10-4-5-11-21(20)32-19)16-33-24-28-27-23(17-7-6-12-25-13-17)29(24)18-8-2-1-3-9-18/h1-13,19H,14-16H2,(H,26,30)/t19-/m1/s1. The van der Waals surface area contributed by atoms with E-state index in [1.807, 2.05) is 71.3 Å². The molecule has 166 valence electrons. The zero-order valence-corrected chi connectivity index (χ0v) is 18.4. The molecule has 1 aliphatic heterocycles. The fraction of sp³-hybridized carbons (Fsp3) is 0.167. The predicted octanol–water partition coefficient (Wildman–Crippen LogP) is 3.38. The number of benzene rings is 2. The molecule has 2 aromatic carbocycles. The number of thioether (sulfide) groups is 1. The number of carbonyl (C=O) groups excluding carboxylic acids is 1. The van der Waals surface area contributed by atoms with Crippen molar-refractivity contribution in [1.82, 2.24) is 25.1 Å². The molecule has 33 heavy (non-hydrogen) atoms. The van der Waals surface area contributed by atoms with Crippen molar-refractivity contribution in [2.45, 2.75) is 11.3 Å². The van der Waals surface area contributed by atoms with Gasteiger partial charge in [-0.25, -0.2) is 0 Å². The van der Waals surface area contributed by atoms with Gasteiger partial charge < -0.3 is 14.8 Å². The number of hydrogen-bond acceptors (Lipinski definition) is 7. The van der Waals surface area contributed by atoms with Gasteiger partial charge in [-0.2, -0.15) is 0 Å². The van der Waals surface area contributed by atoms with Gasteiger partial charge in [-0.05, 0) is 36.4 Å². The molecule has 1 amide bonds. The average molecular weight is 460 g/mol. The summed E-state index contributed by atoms with van der Waals surface area (Å²) in [6.45, 7) is 0.751. The molecule has 4 aromatic rings. The van der Waals surface area contributed by atoms with E-state index in [-0.39, 0.29) is 17.8 Å². The van der Waals surface area contributed by atoms with Crippen molar-refractivity contribution < 1.29 is 14.3 Å². The molecule has 0 spiro atoms. The van der Waals surface area contributed by atoms with Gasteiger partial charge in [-0.3, -0.25) is 14.3 Å². The first kappa shape index (κ1) is 21.0. The van der Waals surface area contributed by atoms with Crippen LogP contribution in [0.2, 0.25) is 0 Å². The fourth-order valence-corrected chi connectivity index (χ4v) is 4.21. The number of nitrogens with one attached hydrogen (secondary N) is 1. The van der Waals surface area contributed by atoms with Gasteiger partial charge in [-0.1, -0.05) is 42.1 Å². The summed E-state index contributed by atoms with van der Waals surface area (Å²) in [7, 11) is 0. The second-order valence-electron chi connectivity index (χ2n) is 7.31. The first-order chi connectivity index (χ1) is 16.3. The SMILES string of the molecule is O=C(CSc1nnc(-c2cccnc2)n1-c1ccccc1)NC[C@@H]1COc2ccccc2O1. The second-order valence-corrected chi connectivity index (χ2v) is 8.25. The van der Waals surface area contributed by atoms with Crippen molar-refractivity contribution in [2.24, 2.45) is 0 Å². The normalized spacial score (nSPS) is 14.6. The van der Waals surface area contributed by atoms with E-state index in [2.05, 4.69) is 20.5 Å². The summed E-state index contributed by atoms with van der Waals surface area (Å²) in [5, 5.41) is 12.2. The van der Waals surface area contributed by atoms with Crippen LogP contribution in [0.5, 0.6) is 11.5 Å². The van der Waals surface area contributed by atoms with Gasteiger partial charge in [0.25, 0.3) is 0 Å². The summed E-state index contributed by atoms with van der Waals surface area (Å²) < 4.78 is 13.5. The molecule has 0 unspecified atom stereocenters. The minimum absolute atomic E-state index is 0.118. The Balaban J connectivity index is 1.24. The Kier molecular flexibility index (Phi) is 6.21. The number of amides is 1. The number of para-hydroxylation sites is 3. The first-order valence-corrected chi connectivity index (χ1v) is 11.5. The molecule has 0 aliphatic carbocycles. The summed E-state index contributed by atoms with van der Waals surface area (Å²) in [4.78, 5) is 16.7. The molecule has 1 atom stereocenters. The second kappa shape index (κ2) is 9.74. The van der Waals surface area contributed by atoms with E-state index in [0.717, 1.165) is 17.0 Å². The molecule has 1 aliphatic rings.